The van der Waals surface area contributed by atoms with Crippen molar-refractivity contribution in [3.63, 3.8) is 0 Å². The number of nitrogens with zero attached hydrogens (tertiary/aromatic N) is 3. The number of benzene rings is 3. The fourth-order valence-electron chi connectivity index (χ4n) is 4.14. The number of carbonyl (C=O) groups is 1. The lowest BCUT2D eigenvalue weighted by Gasteiger charge is -2.36. The highest BCUT2D eigenvalue weighted by molar-refractivity contribution is 5.94. The molecule has 170 valence electrons. The number of anilines is 2. The van der Waals surface area contributed by atoms with Gasteiger partial charge in [0.05, 0.1) is 4.92 Å². The van der Waals surface area contributed by atoms with Gasteiger partial charge >= 0.3 is 0 Å². The van der Waals surface area contributed by atoms with E-state index in [1.807, 2.05) is 72.5 Å². The molecule has 3 aromatic carbocycles. The first-order valence-corrected chi connectivity index (χ1v) is 11.2. The second-order valence-electron chi connectivity index (χ2n) is 8.27. The second-order valence-corrected chi connectivity index (χ2v) is 8.27. The molecule has 1 amide bonds. The molecule has 0 saturated carbocycles. The summed E-state index contributed by atoms with van der Waals surface area (Å²) < 4.78 is 0. The fourth-order valence-corrected chi connectivity index (χ4v) is 4.14. The number of piperazine rings is 1. The van der Waals surface area contributed by atoms with Gasteiger partial charge in [-0.25, -0.2) is 0 Å². The van der Waals surface area contributed by atoms with E-state index in [1.54, 1.807) is 12.1 Å². The molecule has 0 atom stereocenters. The number of nitro groups is 1. The molecule has 1 aliphatic rings. The van der Waals surface area contributed by atoms with Crippen LogP contribution in [0.2, 0.25) is 0 Å². The summed E-state index contributed by atoms with van der Waals surface area (Å²) in [6, 6.07) is 22.9. The SMILES string of the molecule is Cc1cccc(C(=O)N2CCN(c3ccc([N+](=O)[O-])c(NCCc4ccccc4)c3)CC2)c1. The molecule has 4 rings (SSSR count). The van der Waals surface area contributed by atoms with Crippen molar-refractivity contribution >= 4 is 23.0 Å². The van der Waals surface area contributed by atoms with E-state index in [0.29, 0.717) is 44.0 Å². The van der Waals surface area contributed by atoms with Crippen LogP contribution in [-0.4, -0.2) is 48.5 Å². The molecule has 7 nitrogen and oxygen atoms in total. The van der Waals surface area contributed by atoms with Crippen LogP contribution in [0.3, 0.4) is 0 Å². The molecule has 0 radical (unpaired) electrons. The molecule has 1 heterocycles. The average Bonchev–Trinajstić information content (AvgIpc) is 2.84. The van der Waals surface area contributed by atoms with Crippen LogP contribution in [0.4, 0.5) is 17.1 Å². The fraction of sp³-hybridized carbons (Fsp3) is 0.269. The summed E-state index contributed by atoms with van der Waals surface area (Å²) >= 11 is 0. The summed E-state index contributed by atoms with van der Waals surface area (Å²) in [5, 5.41) is 14.8. The molecule has 1 saturated heterocycles. The topological polar surface area (TPSA) is 78.7 Å². The Bertz CT molecular complexity index is 1130. The normalized spacial score (nSPS) is 13.6. The van der Waals surface area contributed by atoms with E-state index < -0.39 is 0 Å². The number of aryl methyl sites for hydroxylation is 1. The summed E-state index contributed by atoms with van der Waals surface area (Å²) in [5.74, 6) is 0.0466. The molecule has 1 N–H and O–H groups in total. The maximum absolute atomic E-state index is 12.8. The summed E-state index contributed by atoms with van der Waals surface area (Å²) in [7, 11) is 0. The first-order chi connectivity index (χ1) is 16.0. The van der Waals surface area contributed by atoms with Crippen LogP contribution in [0.15, 0.2) is 72.8 Å². The van der Waals surface area contributed by atoms with E-state index >= 15 is 0 Å². The Morgan fingerprint density at radius 2 is 1.73 bits per heavy atom. The molecule has 1 fully saturated rings. The van der Waals surface area contributed by atoms with Crippen molar-refractivity contribution in [3.05, 3.63) is 99.6 Å². The molecule has 0 aromatic heterocycles. The van der Waals surface area contributed by atoms with Gasteiger partial charge in [0.15, 0.2) is 0 Å². The van der Waals surface area contributed by atoms with Crippen molar-refractivity contribution in [2.75, 3.05) is 42.9 Å². The first kappa shape index (κ1) is 22.3. The highest BCUT2D eigenvalue weighted by Gasteiger charge is 2.24. The van der Waals surface area contributed by atoms with Crippen LogP contribution in [0.25, 0.3) is 0 Å². The van der Waals surface area contributed by atoms with E-state index in [0.717, 1.165) is 17.7 Å². The van der Waals surface area contributed by atoms with Gasteiger partial charge in [-0.15, -0.1) is 0 Å². The van der Waals surface area contributed by atoms with Gasteiger partial charge in [-0.3, -0.25) is 14.9 Å². The predicted molar refractivity (Wildman–Crippen MR) is 131 cm³/mol. The van der Waals surface area contributed by atoms with Crippen molar-refractivity contribution in [2.45, 2.75) is 13.3 Å². The number of rotatable bonds is 7. The number of amides is 1. The van der Waals surface area contributed by atoms with Crippen molar-refractivity contribution in [3.8, 4) is 0 Å². The Labute approximate surface area is 193 Å². The number of carbonyl (C=O) groups excluding carboxylic acids is 1. The Balaban J connectivity index is 1.41. The molecule has 0 bridgehead atoms. The largest absolute Gasteiger partial charge is 0.379 e. The molecular weight excluding hydrogens is 416 g/mol. The maximum atomic E-state index is 12.8. The number of nitro benzene ring substituents is 1. The Morgan fingerprint density at radius 1 is 0.970 bits per heavy atom. The van der Waals surface area contributed by atoms with Crippen LogP contribution >= 0.6 is 0 Å². The van der Waals surface area contributed by atoms with E-state index in [1.165, 1.54) is 5.56 Å². The molecule has 1 aliphatic heterocycles. The third-order valence-electron chi connectivity index (χ3n) is 5.95. The number of hydrogen-bond acceptors (Lipinski definition) is 5. The van der Waals surface area contributed by atoms with E-state index in [-0.39, 0.29) is 16.5 Å². The highest BCUT2D eigenvalue weighted by atomic mass is 16.6. The summed E-state index contributed by atoms with van der Waals surface area (Å²) in [4.78, 5) is 28.0. The Kier molecular flexibility index (Phi) is 6.88. The zero-order chi connectivity index (χ0) is 23.2. The lowest BCUT2D eigenvalue weighted by molar-refractivity contribution is -0.383. The lowest BCUT2D eigenvalue weighted by atomic mass is 10.1. The highest BCUT2D eigenvalue weighted by Crippen LogP contribution is 2.30. The minimum atomic E-state index is -0.354. The zero-order valence-electron chi connectivity index (χ0n) is 18.7. The third-order valence-corrected chi connectivity index (χ3v) is 5.95. The van der Waals surface area contributed by atoms with Crippen LogP contribution in [0.1, 0.15) is 21.5 Å². The Morgan fingerprint density at radius 3 is 2.42 bits per heavy atom. The predicted octanol–water partition coefficient (Wildman–Crippen LogP) is 4.52. The summed E-state index contributed by atoms with van der Waals surface area (Å²) in [6.45, 7) is 5.17. The second kappa shape index (κ2) is 10.2. The van der Waals surface area contributed by atoms with Gasteiger partial charge in [-0.1, -0.05) is 48.0 Å². The molecule has 0 spiro atoms. The van der Waals surface area contributed by atoms with Crippen molar-refractivity contribution in [2.24, 2.45) is 0 Å². The molecule has 7 heteroatoms. The summed E-state index contributed by atoms with van der Waals surface area (Å²) in [5.41, 5.74) is 4.47. The van der Waals surface area contributed by atoms with Gasteiger partial charge in [-0.05, 0) is 43.2 Å². The Hall–Kier alpha value is -3.87. The molecular formula is C26H28N4O3. The van der Waals surface area contributed by atoms with Crippen molar-refractivity contribution in [1.29, 1.82) is 0 Å². The van der Waals surface area contributed by atoms with Gasteiger partial charge in [0, 0.05) is 50.0 Å². The van der Waals surface area contributed by atoms with Crippen molar-refractivity contribution in [1.82, 2.24) is 4.90 Å². The quantitative estimate of drug-likeness (QED) is 0.428. The minimum absolute atomic E-state index is 0.0466. The van der Waals surface area contributed by atoms with Crippen LogP contribution < -0.4 is 10.2 Å². The molecule has 0 aliphatic carbocycles. The maximum Gasteiger partial charge on any atom is 0.292 e. The zero-order valence-corrected chi connectivity index (χ0v) is 18.7. The average molecular weight is 445 g/mol. The standard InChI is InChI=1S/C26H28N4O3/c1-20-6-5-9-22(18-20)26(31)29-16-14-28(15-17-29)23-10-11-25(30(32)33)24(19-23)27-13-12-21-7-3-2-4-8-21/h2-11,18-19,27H,12-17H2,1H3. The first-order valence-electron chi connectivity index (χ1n) is 11.2. The smallest absolute Gasteiger partial charge is 0.292 e. The van der Waals surface area contributed by atoms with Crippen LogP contribution in [-0.2, 0) is 6.42 Å². The van der Waals surface area contributed by atoms with Crippen LogP contribution in [0.5, 0.6) is 0 Å². The number of hydrogen-bond donors (Lipinski definition) is 1. The number of nitrogens with one attached hydrogen (secondary N) is 1. The van der Waals surface area contributed by atoms with Gasteiger partial charge in [0.25, 0.3) is 11.6 Å². The van der Waals surface area contributed by atoms with Gasteiger partial charge in [0.1, 0.15) is 5.69 Å². The summed E-state index contributed by atoms with van der Waals surface area (Å²) in [6.07, 6.45) is 0.780. The van der Waals surface area contributed by atoms with Gasteiger partial charge in [-0.2, -0.15) is 0 Å². The molecule has 3 aromatic rings. The third kappa shape index (κ3) is 5.49. The molecule has 33 heavy (non-hydrogen) atoms. The van der Waals surface area contributed by atoms with Gasteiger partial charge in [0.2, 0.25) is 0 Å². The van der Waals surface area contributed by atoms with Gasteiger partial charge < -0.3 is 15.1 Å². The van der Waals surface area contributed by atoms with E-state index in [2.05, 4.69) is 10.2 Å². The van der Waals surface area contributed by atoms with E-state index in [4.69, 9.17) is 0 Å². The lowest BCUT2D eigenvalue weighted by Crippen LogP contribution is -2.48. The molecule has 0 unspecified atom stereocenters. The monoisotopic (exact) mass is 444 g/mol. The minimum Gasteiger partial charge on any atom is -0.379 e. The van der Waals surface area contributed by atoms with E-state index in [9.17, 15) is 14.9 Å². The van der Waals surface area contributed by atoms with Crippen LogP contribution in [0, 0.1) is 17.0 Å². The van der Waals surface area contributed by atoms with Crippen molar-refractivity contribution < 1.29 is 9.72 Å².